The molecule has 0 radical (unpaired) electrons. The second-order valence-electron chi connectivity index (χ2n) is 3.68. The van der Waals surface area contributed by atoms with Gasteiger partial charge >= 0.3 is 0 Å². The Morgan fingerprint density at radius 1 is 1.47 bits per heavy atom. The third-order valence-corrected chi connectivity index (χ3v) is 3.33. The van der Waals surface area contributed by atoms with Crippen molar-refractivity contribution in [3.63, 3.8) is 0 Å². The van der Waals surface area contributed by atoms with E-state index >= 15 is 0 Å². The minimum absolute atomic E-state index is 0.0166. The minimum atomic E-state index is -0.390. The van der Waals surface area contributed by atoms with Crippen molar-refractivity contribution in [2.75, 3.05) is 19.5 Å². The second kappa shape index (κ2) is 7.96. The van der Waals surface area contributed by atoms with E-state index in [1.807, 2.05) is 13.8 Å². The Labute approximate surface area is 95.8 Å². The van der Waals surface area contributed by atoms with Gasteiger partial charge in [0, 0.05) is 18.4 Å². The van der Waals surface area contributed by atoms with Crippen LogP contribution in [0.2, 0.25) is 0 Å². The van der Waals surface area contributed by atoms with Crippen LogP contribution < -0.4 is 5.32 Å². The van der Waals surface area contributed by atoms with Crippen LogP contribution in [-0.4, -0.2) is 47.9 Å². The number of ether oxygens (including phenoxy) is 1. The molecule has 0 rings (SSSR count). The quantitative estimate of drug-likeness (QED) is 0.680. The van der Waals surface area contributed by atoms with E-state index in [0.29, 0.717) is 12.4 Å². The fourth-order valence-electron chi connectivity index (χ4n) is 0.955. The van der Waals surface area contributed by atoms with E-state index in [9.17, 15) is 9.90 Å². The number of aliphatic hydroxyl groups excluding tert-OH is 1. The zero-order chi connectivity index (χ0) is 11.8. The van der Waals surface area contributed by atoms with Crippen molar-refractivity contribution < 1.29 is 14.6 Å². The van der Waals surface area contributed by atoms with Gasteiger partial charge in [-0.2, -0.15) is 0 Å². The van der Waals surface area contributed by atoms with E-state index in [2.05, 4.69) is 5.32 Å². The van der Waals surface area contributed by atoms with Gasteiger partial charge in [-0.3, -0.25) is 4.79 Å². The Hall–Kier alpha value is -0.260. The van der Waals surface area contributed by atoms with Gasteiger partial charge < -0.3 is 15.2 Å². The van der Waals surface area contributed by atoms with Gasteiger partial charge in [0.2, 0.25) is 5.91 Å². The molecule has 15 heavy (non-hydrogen) atoms. The van der Waals surface area contributed by atoms with E-state index in [-0.39, 0.29) is 23.3 Å². The predicted octanol–water partition coefficient (Wildman–Crippen LogP) is 0.640. The lowest BCUT2D eigenvalue weighted by atomic mass is 10.3. The number of carbonyl (C=O) groups excluding carboxylic acids is 1. The zero-order valence-corrected chi connectivity index (χ0v) is 10.6. The number of methoxy groups -OCH3 is 1. The first-order valence-corrected chi connectivity index (χ1v) is 6.10. The number of thioether (sulfide) groups is 1. The first kappa shape index (κ1) is 14.7. The molecule has 1 amide bonds. The van der Waals surface area contributed by atoms with Gasteiger partial charge in [0.1, 0.15) is 0 Å². The van der Waals surface area contributed by atoms with Crippen molar-refractivity contribution in [1.82, 2.24) is 5.32 Å². The van der Waals surface area contributed by atoms with Crippen molar-refractivity contribution in [3.8, 4) is 0 Å². The number of rotatable bonds is 7. The monoisotopic (exact) mass is 235 g/mol. The highest BCUT2D eigenvalue weighted by Gasteiger charge is 2.12. The highest BCUT2D eigenvalue weighted by atomic mass is 32.2. The summed E-state index contributed by atoms with van der Waals surface area (Å²) >= 11 is 1.45. The van der Waals surface area contributed by atoms with Crippen LogP contribution in [0, 0.1) is 0 Å². The van der Waals surface area contributed by atoms with Crippen LogP contribution in [0.25, 0.3) is 0 Å². The lowest BCUT2D eigenvalue weighted by molar-refractivity contribution is -0.119. The third-order valence-electron chi connectivity index (χ3n) is 1.98. The van der Waals surface area contributed by atoms with Crippen LogP contribution in [0.15, 0.2) is 0 Å². The molecular weight excluding hydrogens is 214 g/mol. The molecule has 0 aromatic rings. The molecule has 0 spiro atoms. The summed E-state index contributed by atoms with van der Waals surface area (Å²) in [4.78, 5) is 11.4. The molecule has 0 heterocycles. The van der Waals surface area contributed by atoms with Crippen molar-refractivity contribution >= 4 is 17.7 Å². The molecular formula is C10H21NO3S. The molecule has 0 aromatic carbocycles. The van der Waals surface area contributed by atoms with Crippen LogP contribution in [-0.2, 0) is 9.53 Å². The van der Waals surface area contributed by atoms with Gasteiger partial charge in [0.25, 0.3) is 0 Å². The summed E-state index contributed by atoms with van der Waals surface area (Å²) in [5, 5.41) is 12.1. The predicted molar refractivity (Wildman–Crippen MR) is 63.1 cm³/mol. The molecule has 2 N–H and O–H groups in total. The van der Waals surface area contributed by atoms with Gasteiger partial charge in [-0.1, -0.05) is 6.92 Å². The van der Waals surface area contributed by atoms with Crippen LogP contribution in [0.3, 0.4) is 0 Å². The fourth-order valence-corrected chi connectivity index (χ4v) is 1.73. The Balaban J connectivity index is 3.66. The molecule has 0 aliphatic carbocycles. The van der Waals surface area contributed by atoms with Crippen LogP contribution in [0.5, 0.6) is 0 Å². The lowest BCUT2D eigenvalue weighted by Crippen LogP contribution is -2.37. The maximum Gasteiger partial charge on any atom is 0.230 e. The minimum Gasteiger partial charge on any atom is -0.392 e. The third kappa shape index (κ3) is 7.64. The lowest BCUT2D eigenvalue weighted by Gasteiger charge is -2.16. The number of aliphatic hydroxyl groups is 1. The molecule has 0 saturated heterocycles. The summed E-state index contributed by atoms with van der Waals surface area (Å²) in [6.07, 6.45) is -0.390. The molecule has 90 valence electrons. The molecule has 0 aliphatic heterocycles. The zero-order valence-electron chi connectivity index (χ0n) is 9.82. The Morgan fingerprint density at radius 2 is 2.07 bits per heavy atom. The Morgan fingerprint density at radius 3 is 2.53 bits per heavy atom. The second-order valence-corrected chi connectivity index (χ2v) is 5.05. The molecule has 3 unspecified atom stereocenters. The van der Waals surface area contributed by atoms with E-state index in [1.54, 1.807) is 14.0 Å². The molecule has 0 aliphatic rings. The van der Waals surface area contributed by atoms with Crippen molar-refractivity contribution in [3.05, 3.63) is 0 Å². The van der Waals surface area contributed by atoms with E-state index in [0.717, 1.165) is 0 Å². The van der Waals surface area contributed by atoms with Gasteiger partial charge in [-0.05, 0) is 13.8 Å². The Kier molecular flexibility index (Phi) is 7.82. The topological polar surface area (TPSA) is 58.6 Å². The first-order valence-electron chi connectivity index (χ1n) is 5.05. The van der Waals surface area contributed by atoms with Gasteiger partial charge in [-0.25, -0.2) is 0 Å². The maximum atomic E-state index is 11.4. The number of amides is 1. The molecule has 0 bridgehead atoms. The van der Waals surface area contributed by atoms with Gasteiger partial charge in [-0.15, -0.1) is 11.8 Å². The molecule has 0 fully saturated rings. The maximum absolute atomic E-state index is 11.4. The summed E-state index contributed by atoms with van der Waals surface area (Å²) in [5.41, 5.74) is 0. The van der Waals surface area contributed by atoms with Gasteiger partial charge in [0.05, 0.1) is 18.5 Å². The Bertz CT molecular complexity index is 188. The summed E-state index contributed by atoms with van der Waals surface area (Å²) in [5.74, 6) is 0.358. The summed E-state index contributed by atoms with van der Waals surface area (Å²) in [6.45, 7) is 6.04. The SMILES string of the molecule is COCC(C)NC(=O)CSC(C)C(C)O. The van der Waals surface area contributed by atoms with Crippen LogP contribution >= 0.6 is 11.8 Å². The highest BCUT2D eigenvalue weighted by molar-refractivity contribution is 8.00. The van der Waals surface area contributed by atoms with Crippen LogP contribution in [0.1, 0.15) is 20.8 Å². The number of carbonyl (C=O) groups is 1. The molecule has 5 heteroatoms. The number of nitrogens with one attached hydrogen (secondary N) is 1. The molecule has 3 atom stereocenters. The normalized spacial score (nSPS) is 16.9. The highest BCUT2D eigenvalue weighted by Crippen LogP contribution is 2.13. The molecule has 0 saturated carbocycles. The van der Waals surface area contributed by atoms with Crippen molar-refractivity contribution in [1.29, 1.82) is 0 Å². The van der Waals surface area contributed by atoms with E-state index in [1.165, 1.54) is 11.8 Å². The van der Waals surface area contributed by atoms with Gasteiger partial charge in [0.15, 0.2) is 0 Å². The standard InChI is InChI=1S/C10H21NO3S/c1-7(5-14-4)11-10(13)6-15-9(3)8(2)12/h7-9,12H,5-6H2,1-4H3,(H,11,13). The number of hydrogen-bond donors (Lipinski definition) is 2. The number of hydrogen-bond acceptors (Lipinski definition) is 4. The summed E-state index contributed by atoms with van der Waals surface area (Å²) in [6, 6.07) is 0.0324. The van der Waals surface area contributed by atoms with E-state index in [4.69, 9.17) is 4.74 Å². The van der Waals surface area contributed by atoms with Crippen LogP contribution in [0.4, 0.5) is 0 Å². The molecule has 4 nitrogen and oxygen atoms in total. The summed E-state index contributed by atoms with van der Waals surface area (Å²) in [7, 11) is 1.60. The smallest absolute Gasteiger partial charge is 0.230 e. The molecule has 0 aromatic heterocycles. The fraction of sp³-hybridized carbons (Fsp3) is 0.900. The van der Waals surface area contributed by atoms with Crippen molar-refractivity contribution in [2.24, 2.45) is 0 Å². The largest absolute Gasteiger partial charge is 0.392 e. The average Bonchev–Trinajstić information content (AvgIpc) is 2.14. The van der Waals surface area contributed by atoms with Crippen molar-refractivity contribution in [2.45, 2.75) is 38.2 Å². The summed E-state index contributed by atoms with van der Waals surface area (Å²) < 4.78 is 4.91. The first-order chi connectivity index (χ1) is 6.97. The average molecular weight is 235 g/mol. The van der Waals surface area contributed by atoms with E-state index < -0.39 is 0 Å².